The van der Waals surface area contributed by atoms with Gasteiger partial charge in [0.25, 0.3) is 0 Å². The van der Waals surface area contributed by atoms with Crippen LogP contribution in [-0.2, 0) is 9.31 Å². The average molecular weight is 273 g/mol. The van der Waals surface area contributed by atoms with E-state index >= 15 is 0 Å². The Labute approximate surface area is 122 Å². The second-order valence-corrected chi connectivity index (χ2v) is 7.26. The molecule has 0 aromatic heterocycles. The summed E-state index contributed by atoms with van der Waals surface area (Å²) in [6.45, 7) is 12.2. The number of hydrogen-bond donors (Lipinski definition) is 0. The van der Waals surface area contributed by atoms with E-state index in [2.05, 4.69) is 45.9 Å². The van der Waals surface area contributed by atoms with E-state index in [0.717, 1.165) is 12.8 Å². The maximum Gasteiger partial charge on any atom is 0.490 e. The first-order valence-corrected chi connectivity index (χ1v) is 7.26. The Morgan fingerprint density at radius 2 is 1.65 bits per heavy atom. The van der Waals surface area contributed by atoms with E-state index in [0.29, 0.717) is 0 Å². The highest BCUT2D eigenvalue weighted by Gasteiger charge is 2.52. The average Bonchev–Trinajstić information content (AvgIpc) is 2.59. The Balaban J connectivity index is 2.17. The first-order chi connectivity index (χ1) is 9.09. The molecular weight excluding hydrogens is 249 g/mol. The molecule has 0 aromatic rings. The van der Waals surface area contributed by atoms with Gasteiger partial charge in [-0.3, -0.25) is 0 Å². The Kier molecular flexibility index (Phi) is 3.65. The molecule has 0 bridgehead atoms. The van der Waals surface area contributed by atoms with Gasteiger partial charge in [-0.25, -0.2) is 0 Å². The first kappa shape index (κ1) is 15.3. The van der Waals surface area contributed by atoms with Gasteiger partial charge in [0.15, 0.2) is 0 Å². The van der Waals surface area contributed by atoms with E-state index in [9.17, 15) is 5.26 Å². The van der Waals surface area contributed by atoms with Crippen molar-refractivity contribution in [3.05, 3.63) is 23.2 Å². The third kappa shape index (κ3) is 2.57. The van der Waals surface area contributed by atoms with Crippen LogP contribution in [-0.4, -0.2) is 18.3 Å². The summed E-state index contributed by atoms with van der Waals surface area (Å²) in [5.41, 5.74) is 1.36. The fourth-order valence-electron chi connectivity index (χ4n) is 2.44. The molecule has 1 fully saturated rings. The lowest BCUT2D eigenvalue weighted by atomic mass is 9.70. The zero-order valence-electron chi connectivity index (χ0n) is 13.4. The zero-order valence-corrected chi connectivity index (χ0v) is 13.4. The predicted molar refractivity (Wildman–Crippen MR) is 80.9 cm³/mol. The lowest BCUT2D eigenvalue weighted by molar-refractivity contribution is 0.00578. The van der Waals surface area contributed by atoms with Crippen LogP contribution < -0.4 is 0 Å². The van der Waals surface area contributed by atoms with E-state index in [1.165, 1.54) is 11.0 Å². The van der Waals surface area contributed by atoms with Gasteiger partial charge in [0, 0.05) is 0 Å². The first-order valence-electron chi connectivity index (χ1n) is 7.26. The number of nitrogens with zero attached hydrogens (tertiary/aromatic N) is 1. The van der Waals surface area contributed by atoms with Gasteiger partial charge in [0.2, 0.25) is 0 Å². The van der Waals surface area contributed by atoms with Gasteiger partial charge in [0.05, 0.1) is 22.7 Å². The minimum atomic E-state index is -0.391. The van der Waals surface area contributed by atoms with Gasteiger partial charge >= 0.3 is 7.12 Å². The Morgan fingerprint density at radius 3 is 2.05 bits per heavy atom. The quantitative estimate of drug-likeness (QED) is 0.718. The number of allylic oxidation sites excluding steroid dienone is 4. The van der Waals surface area contributed by atoms with Gasteiger partial charge in [-0.2, -0.15) is 5.26 Å². The van der Waals surface area contributed by atoms with Crippen molar-refractivity contribution in [2.24, 2.45) is 5.41 Å². The molecule has 3 nitrogen and oxygen atoms in total. The minimum absolute atomic E-state index is 0.261. The van der Waals surface area contributed by atoms with Crippen molar-refractivity contribution in [3.8, 4) is 6.07 Å². The molecule has 1 saturated heterocycles. The van der Waals surface area contributed by atoms with E-state index in [1.54, 1.807) is 0 Å². The van der Waals surface area contributed by atoms with Crippen molar-refractivity contribution >= 4 is 7.12 Å². The molecule has 108 valence electrons. The van der Waals surface area contributed by atoms with E-state index in [1.807, 2.05) is 13.8 Å². The molecular formula is C16H24BNO2. The van der Waals surface area contributed by atoms with Gasteiger partial charge in [-0.15, -0.1) is 0 Å². The summed E-state index contributed by atoms with van der Waals surface area (Å²) in [6.07, 6.45) is 5.93. The molecule has 2 rings (SSSR count). The van der Waals surface area contributed by atoms with Crippen LogP contribution in [0.2, 0.25) is 0 Å². The molecule has 0 radical (unpaired) electrons. The fraction of sp³-hybridized carbons (Fsp3) is 0.688. The smallest absolute Gasteiger partial charge is 0.400 e. The lowest BCUT2D eigenvalue weighted by Crippen LogP contribution is -2.41. The number of hydrogen-bond acceptors (Lipinski definition) is 3. The number of rotatable bonds is 2. The standard InChI is InChI=1S/C16H24BNO2/c1-14(2,11-18)12-7-9-13(10-8-12)17-19-15(3,4)16(5,6)20-17/h7,9H,8,10H2,1-6H3. The Bertz CT molecular complexity index is 493. The largest absolute Gasteiger partial charge is 0.490 e. The summed E-state index contributed by atoms with van der Waals surface area (Å²) in [6, 6.07) is 2.36. The Morgan fingerprint density at radius 1 is 1.10 bits per heavy atom. The summed E-state index contributed by atoms with van der Waals surface area (Å²) in [5, 5.41) is 9.20. The highest BCUT2D eigenvalue weighted by atomic mass is 16.7. The second kappa shape index (κ2) is 4.75. The van der Waals surface area contributed by atoms with Crippen LogP contribution in [0.5, 0.6) is 0 Å². The molecule has 0 saturated carbocycles. The van der Waals surface area contributed by atoms with Crippen LogP contribution in [0.1, 0.15) is 54.4 Å². The highest BCUT2D eigenvalue weighted by molar-refractivity contribution is 6.54. The molecule has 1 aliphatic carbocycles. The van der Waals surface area contributed by atoms with Crippen molar-refractivity contribution in [1.29, 1.82) is 5.26 Å². The van der Waals surface area contributed by atoms with Crippen LogP contribution in [0, 0.1) is 16.7 Å². The van der Waals surface area contributed by atoms with Crippen LogP contribution >= 0.6 is 0 Å². The Hall–Kier alpha value is -1.05. The molecule has 2 aliphatic rings. The number of nitriles is 1. The molecule has 1 heterocycles. The van der Waals surface area contributed by atoms with Crippen LogP contribution in [0.15, 0.2) is 23.2 Å². The molecule has 1 aliphatic heterocycles. The van der Waals surface area contributed by atoms with E-state index in [4.69, 9.17) is 9.31 Å². The molecule has 0 unspecified atom stereocenters. The summed E-state index contributed by atoms with van der Waals surface area (Å²) in [5.74, 6) is 0. The zero-order chi connectivity index (χ0) is 15.2. The highest BCUT2D eigenvalue weighted by Crippen LogP contribution is 2.41. The van der Waals surface area contributed by atoms with Crippen LogP contribution in [0.3, 0.4) is 0 Å². The van der Waals surface area contributed by atoms with Gasteiger partial charge in [0.1, 0.15) is 0 Å². The summed E-state index contributed by atoms with van der Waals surface area (Å²) in [7, 11) is -0.261. The van der Waals surface area contributed by atoms with Crippen LogP contribution in [0.25, 0.3) is 0 Å². The predicted octanol–water partition coefficient (Wildman–Crippen LogP) is 3.81. The van der Waals surface area contributed by atoms with Gasteiger partial charge in [-0.05, 0) is 59.9 Å². The maximum atomic E-state index is 9.20. The van der Waals surface area contributed by atoms with Crippen molar-refractivity contribution in [2.45, 2.75) is 65.6 Å². The normalized spacial score (nSPS) is 24.9. The summed E-state index contributed by atoms with van der Waals surface area (Å²) < 4.78 is 12.1. The lowest BCUT2D eigenvalue weighted by Gasteiger charge is -2.32. The van der Waals surface area contributed by atoms with Crippen molar-refractivity contribution in [2.75, 3.05) is 0 Å². The topological polar surface area (TPSA) is 42.2 Å². The summed E-state index contributed by atoms with van der Waals surface area (Å²) in [4.78, 5) is 0. The van der Waals surface area contributed by atoms with E-state index in [-0.39, 0.29) is 18.3 Å². The monoisotopic (exact) mass is 273 g/mol. The van der Waals surface area contributed by atoms with Crippen molar-refractivity contribution < 1.29 is 9.31 Å². The maximum absolute atomic E-state index is 9.20. The van der Waals surface area contributed by atoms with Crippen molar-refractivity contribution in [1.82, 2.24) is 0 Å². The van der Waals surface area contributed by atoms with Crippen molar-refractivity contribution in [3.63, 3.8) is 0 Å². The molecule has 20 heavy (non-hydrogen) atoms. The van der Waals surface area contributed by atoms with Gasteiger partial charge in [-0.1, -0.05) is 17.7 Å². The molecule has 0 amide bonds. The minimum Gasteiger partial charge on any atom is -0.400 e. The molecule has 0 aromatic carbocycles. The second-order valence-electron chi connectivity index (χ2n) is 7.26. The molecule has 0 N–H and O–H groups in total. The van der Waals surface area contributed by atoms with Gasteiger partial charge < -0.3 is 9.31 Å². The summed E-state index contributed by atoms with van der Waals surface area (Å²) >= 11 is 0. The molecule has 0 spiro atoms. The van der Waals surface area contributed by atoms with Crippen LogP contribution in [0.4, 0.5) is 0 Å². The third-order valence-corrected chi connectivity index (χ3v) is 4.82. The van der Waals surface area contributed by atoms with E-state index < -0.39 is 5.41 Å². The fourth-order valence-corrected chi connectivity index (χ4v) is 2.44. The molecule has 4 heteroatoms. The SMILES string of the molecule is CC(C)(C#N)C1=CC=C(B2OC(C)(C)C(C)(C)O2)CC1. The third-order valence-electron chi connectivity index (χ3n) is 4.82. The molecule has 0 atom stereocenters.